The third-order valence-electron chi connectivity index (χ3n) is 3.79. The number of hydrogen-bond acceptors (Lipinski definition) is 3. The highest BCUT2D eigenvalue weighted by atomic mass is 35.5. The van der Waals surface area contributed by atoms with Crippen molar-refractivity contribution >= 4 is 17.3 Å². The number of halogens is 10. The zero-order chi connectivity index (χ0) is 21.4. The molecule has 0 amide bonds. The lowest BCUT2D eigenvalue weighted by atomic mass is 9.95. The van der Waals surface area contributed by atoms with Crippen molar-refractivity contribution in [3.8, 4) is 0 Å². The van der Waals surface area contributed by atoms with Gasteiger partial charge in [0.15, 0.2) is 0 Å². The maximum absolute atomic E-state index is 14.5. The molecule has 1 aliphatic rings. The van der Waals surface area contributed by atoms with E-state index < -0.39 is 35.2 Å². The zero-order valence-electron chi connectivity index (χ0n) is 13.7. The number of hydrazone groups is 1. The van der Waals surface area contributed by atoms with E-state index in [4.69, 9.17) is 16.3 Å². The maximum Gasteiger partial charge on any atom is 0.460 e. The quantitative estimate of drug-likeness (QED) is 0.481. The molecule has 1 saturated heterocycles. The van der Waals surface area contributed by atoms with Crippen LogP contribution in [0.2, 0.25) is 5.02 Å². The molecule has 0 N–H and O–H groups in total. The SMILES string of the molecule is FC(F)(F)C(F)(F)C(F)(F)C(F)(F)/C(=N/N1CCOCC1)c1ccc(Cl)cc1. The Balaban J connectivity index is 2.60. The van der Waals surface area contributed by atoms with Crippen LogP contribution in [0.15, 0.2) is 29.4 Å². The number of alkyl halides is 9. The van der Waals surface area contributed by atoms with Crippen LogP contribution in [0, 0.1) is 0 Å². The van der Waals surface area contributed by atoms with E-state index in [0.717, 1.165) is 29.3 Å². The van der Waals surface area contributed by atoms with Crippen molar-refractivity contribution in [3.63, 3.8) is 0 Å². The molecular formula is C15H12ClF9N2O. The Kier molecular flexibility index (Phi) is 6.15. The first-order valence-corrected chi connectivity index (χ1v) is 7.97. The van der Waals surface area contributed by atoms with Crippen LogP contribution in [0.5, 0.6) is 0 Å². The Labute approximate surface area is 157 Å². The minimum Gasteiger partial charge on any atom is -0.378 e. The fourth-order valence-electron chi connectivity index (χ4n) is 2.23. The molecule has 28 heavy (non-hydrogen) atoms. The molecule has 3 nitrogen and oxygen atoms in total. The molecule has 0 saturated carbocycles. The normalized spacial score (nSPS) is 17.8. The van der Waals surface area contributed by atoms with Gasteiger partial charge in [0.05, 0.1) is 26.3 Å². The molecule has 0 aliphatic carbocycles. The second kappa shape index (κ2) is 7.62. The van der Waals surface area contributed by atoms with Gasteiger partial charge in [0.25, 0.3) is 0 Å². The summed E-state index contributed by atoms with van der Waals surface area (Å²) in [4.78, 5) is 0. The lowest BCUT2D eigenvalue weighted by Gasteiger charge is -2.35. The average Bonchev–Trinajstić information content (AvgIpc) is 2.60. The minimum absolute atomic E-state index is 0.00910. The second-order valence-corrected chi connectivity index (χ2v) is 6.18. The number of hydrogen-bond donors (Lipinski definition) is 0. The Morgan fingerprint density at radius 2 is 1.36 bits per heavy atom. The van der Waals surface area contributed by atoms with Crippen LogP contribution in [0.3, 0.4) is 0 Å². The first-order valence-electron chi connectivity index (χ1n) is 7.59. The Bertz CT molecular complexity index is 713. The lowest BCUT2D eigenvalue weighted by Crippen LogP contribution is -2.63. The van der Waals surface area contributed by atoms with Gasteiger partial charge >= 0.3 is 23.9 Å². The summed E-state index contributed by atoms with van der Waals surface area (Å²) in [6.45, 7) is -0.376. The summed E-state index contributed by atoms with van der Waals surface area (Å²) < 4.78 is 125. The van der Waals surface area contributed by atoms with Crippen LogP contribution in [-0.2, 0) is 4.74 Å². The highest BCUT2D eigenvalue weighted by Crippen LogP contribution is 2.54. The average molecular weight is 443 g/mol. The molecule has 1 aliphatic heterocycles. The van der Waals surface area contributed by atoms with E-state index in [2.05, 4.69) is 5.10 Å². The van der Waals surface area contributed by atoms with E-state index in [1.807, 2.05) is 0 Å². The Morgan fingerprint density at radius 3 is 1.82 bits per heavy atom. The van der Waals surface area contributed by atoms with Crippen molar-refractivity contribution in [3.05, 3.63) is 34.9 Å². The molecule has 13 heteroatoms. The van der Waals surface area contributed by atoms with Gasteiger partial charge in [-0.15, -0.1) is 0 Å². The van der Waals surface area contributed by atoms with E-state index in [9.17, 15) is 39.5 Å². The smallest absolute Gasteiger partial charge is 0.378 e. The highest BCUT2D eigenvalue weighted by molar-refractivity contribution is 6.30. The van der Waals surface area contributed by atoms with Gasteiger partial charge in [-0.05, 0) is 12.1 Å². The molecule has 0 radical (unpaired) electrons. The first-order chi connectivity index (χ1) is 12.7. The number of benzene rings is 1. The molecule has 0 bridgehead atoms. The summed E-state index contributed by atoms with van der Waals surface area (Å²) in [5.41, 5.74) is -2.74. The monoisotopic (exact) mass is 442 g/mol. The lowest BCUT2D eigenvalue weighted by molar-refractivity contribution is -0.384. The van der Waals surface area contributed by atoms with Gasteiger partial charge in [0.2, 0.25) is 0 Å². The van der Waals surface area contributed by atoms with Crippen molar-refractivity contribution in [2.75, 3.05) is 26.3 Å². The number of ether oxygens (including phenoxy) is 1. The van der Waals surface area contributed by atoms with E-state index >= 15 is 0 Å². The van der Waals surface area contributed by atoms with E-state index in [1.54, 1.807) is 0 Å². The predicted octanol–water partition coefficient (Wildman–Crippen LogP) is 4.84. The number of nitrogens with zero attached hydrogens (tertiary/aromatic N) is 2. The molecule has 1 fully saturated rings. The standard InChI is InChI=1S/C15H12ClF9N2O/c16-10-3-1-9(2-4-10)11(26-27-5-7-28-8-6-27)12(17,18)13(19,20)14(21,22)15(23,24)25/h1-4H,5-8H2/b26-11+. The predicted molar refractivity (Wildman–Crippen MR) is 81.3 cm³/mol. The summed E-state index contributed by atoms with van der Waals surface area (Å²) in [5, 5.41) is 4.08. The molecule has 2 rings (SSSR count). The van der Waals surface area contributed by atoms with E-state index in [0.29, 0.717) is 0 Å². The van der Waals surface area contributed by atoms with Gasteiger partial charge in [0, 0.05) is 10.6 Å². The van der Waals surface area contributed by atoms with Crippen LogP contribution < -0.4 is 0 Å². The molecule has 158 valence electrons. The molecule has 0 aromatic heterocycles. The van der Waals surface area contributed by atoms with Gasteiger partial charge in [-0.1, -0.05) is 23.7 Å². The van der Waals surface area contributed by atoms with Crippen molar-refractivity contribution in [2.45, 2.75) is 23.9 Å². The molecule has 1 aromatic rings. The van der Waals surface area contributed by atoms with Gasteiger partial charge in [-0.25, -0.2) is 0 Å². The summed E-state index contributed by atoms with van der Waals surface area (Å²) in [6.07, 6.45) is -6.91. The number of morpholine rings is 1. The molecule has 0 atom stereocenters. The van der Waals surface area contributed by atoms with Crippen LogP contribution >= 0.6 is 11.6 Å². The molecule has 1 heterocycles. The topological polar surface area (TPSA) is 24.8 Å². The molecule has 1 aromatic carbocycles. The van der Waals surface area contributed by atoms with Crippen LogP contribution in [0.25, 0.3) is 0 Å². The van der Waals surface area contributed by atoms with Crippen molar-refractivity contribution in [1.29, 1.82) is 0 Å². The van der Waals surface area contributed by atoms with Crippen LogP contribution in [0.1, 0.15) is 5.56 Å². The van der Waals surface area contributed by atoms with Crippen LogP contribution in [-0.4, -0.2) is 61.0 Å². The largest absolute Gasteiger partial charge is 0.460 e. The summed E-state index contributed by atoms with van der Waals surface area (Å²) in [5.74, 6) is -19.8. The van der Waals surface area contributed by atoms with Gasteiger partial charge < -0.3 is 4.74 Å². The molecule has 0 unspecified atom stereocenters. The first kappa shape index (κ1) is 22.6. The van der Waals surface area contributed by atoms with Crippen LogP contribution in [0.4, 0.5) is 39.5 Å². The van der Waals surface area contributed by atoms with Gasteiger partial charge in [-0.2, -0.15) is 44.6 Å². The maximum atomic E-state index is 14.5. The van der Waals surface area contributed by atoms with Crippen molar-refractivity contribution in [2.24, 2.45) is 5.10 Å². The molecule has 0 spiro atoms. The Hall–Kier alpha value is -1.69. The zero-order valence-corrected chi connectivity index (χ0v) is 14.5. The molecular weight excluding hydrogens is 431 g/mol. The van der Waals surface area contributed by atoms with Crippen molar-refractivity contribution in [1.82, 2.24) is 5.01 Å². The van der Waals surface area contributed by atoms with Gasteiger partial charge in [-0.3, -0.25) is 5.01 Å². The van der Waals surface area contributed by atoms with E-state index in [1.165, 1.54) is 0 Å². The fraction of sp³-hybridized carbons (Fsp3) is 0.533. The summed E-state index contributed by atoms with van der Waals surface area (Å²) in [6, 6.07) is 3.47. The summed E-state index contributed by atoms with van der Waals surface area (Å²) >= 11 is 5.57. The minimum atomic E-state index is -7.01. The third-order valence-corrected chi connectivity index (χ3v) is 4.04. The highest BCUT2D eigenvalue weighted by Gasteiger charge is 2.83. The van der Waals surface area contributed by atoms with E-state index in [-0.39, 0.29) is 31.3 Å². The third kappa shape index (κ3) is 4.02. The Morgan fingerprint density at radius 1 is 0.857 bits per heavy atom. The van der Waals surface area contributed by atoms with Crippen molar-refractivity contribution < 1.29 is 44.3 Å². The summed E-state index contributed by atoms with van der Waals surface area (Å²) in [7, 11) is 0. The van der Waals surface area contributed by atoms with Gasteiger partial charge in [0.1, 0.15) is 5.71 Å². The second-order valence-electron chi connectivity index (χ2n) is 5.74. The number of rotatable bonds is 5. The fourth-order valence-corrected chi connectivity index (χ4v) is 2.35.